The smallest absolute Gasteiger partial charge is 0.252 e. The molecule has 1 aliphatic rings. The zero-order chi connectivity index (χ0) is 20.1. The van der Waals surface area contributed by atoms with E-state index in [-0.39, 0.29) is 24.0 Å². The van der Waals surface area contributed by atoms with Gasteiger partial charge in [-0.05, 0) is 57.5 Å². The molecule has 3 rings (SSSR count). The van der Waals surface area contributed by atoms with Gasteiger partial charge in [0.15, 0.2) is 11.5 Å². The van der Waals surface area contributed by atoms with Crippen LogP contribution >= 0.6 is 0 Å². The van der Waals surface area contributed by atoms with Crippen LogP contribution in [0.5, 0.6) is 11.5 Å². The Hall–Kier alpha value is -2.57. The molecule has 0 saturated carbocycles. The number of nitrogens with one attached hydrogen (secondary N) is 3. The fraction of sp³-hybridized carbons (Fsp3) is 0.409. The highest BCUT2D eigenvalue weighted by Crippen LogP contribution is 2.34. The monoisotopic (exact) mass is 383 g/mol. The normalized spacial score (nSPS) is 21.4. The average Bonchev–Trinajstić information content (AvgIpc) is 3.04. The van der Waals surface area contributed by atoms with E-state index in [0.29, 0.717) is 18.8 Å². The van der Waals surface area contributed by atoms with E-state index in [0.717, 1.165) is 22.6 Å². The standard InChI is InChI=1S/C22H29N3O3/c1-5-27-18-12-11-17(13-19(18)28-6-2)20-15(4)24-25-21(20)23-22(26)16-9-7-14(3)8-10-16/h7-13,15,20-21,24-25H,5-6H2,1-4H3,(H,23,26). The van der Waals surface area contributed by atoms with Crippen LogP contribution in [0.4, 0.5) is 0 Å². The van der Waals surface area contributed by atoms with E-state index in [9.17, 15) is 4.79 Å². The van der Waals surface area contributed by atoms with Crippen molar-refractivity contribution in [1.29, 1.82) is 0 Å². The molecule has 0 bridgehead atoms. The highest BCUT2D eigenvalue weighted by atomic mass is 16.5. The van der Waals surface area contributed by atoms with Crippen molar-refractivity contribution in [2.24, 2.45) is 0 Å². The second-order valence-corrected chi connectivity index (χ2v) is 6.99. The Balaban J connectivity index is 1.81. The molecule has 1 aliphatic heterocycles. The van der Waals surface area contributed by atoms with E-state index in [1.54, 1.807) is 0 Å². The predicted octanol–water partition coefficient (Wildman–Crippen LogP) is 3.13. The van der Waals surface area contributed by atoms with Gasteiger partial charge in [-0.3, -0.25) is 10.2 Å². The summed E-state index contributed by atoms with van der Waals surface area (Å²) in [5.41, 5.74) is 9.29. The van der Waals surface area contributed by atoms with Crippen LogP contribution in [0.3, 0.4) is 0 Å². The summed E-state index contributed by atoms with van der Waals surface area (Å²) in [5.74, 6) is 1.41. The molecule has 6 nitrogen and oxygen atoms in total. The van der Waals surface area contributed by atoms with Gasteiger partial charge in [-0.2, -0.15) is 0 Å². The van der Waals surface area contributed by atoms with Crippen LogP contribution < -0.4 is 25.6 Å². The molecule has 2 aromatic carbocycles. The highest BCUT2D eigenvalue weighted by Gasteiger charge is 2.35. The zero-order valence-electron chi connectivity index (χ0n) is 16.9. The number of benzene rings is 2. The maximum absolute atomic E-state index is 12.7. The maximum Gasteiger partial charge on any atom is 0.252 e. The number of carbonyl (C=O) groups excluding carboxylic acids is 1. The number of hydrogen-bond acceptors (Lipinski definition) is 5. The van der Waals surface area contributed by atoms with Crippen molar-refractivity contribution in [3.63, 3.8) is 0 Å². The summed E-state index contributed by atoms with van der Waals surface area (Å²) in [6.07, 6.45) is -0.240. The van der Waals surface area contributed by atoms with Crippen molar-refractivity contribution in [2.45, 2.75) is 45.8 Å². The summed E-state index contributed by atoms with van der Waals surface area (Å²) in [4.78, 5) is 12.7. The average molecular weight is 383 g/mol. The number of aryl methyl sites for hydroxylation is 1. The van der Waals surface area contributed by atoms with E-state index in [1.807, 2.05) is 63.2 Å². The molecule has 1 heterocycles. The third kappa shape index (κ3) is 4.46. The lowest BCUT2D eigenvalue weighted by Crippen LogP contribution is -2.46. The minimum Gasteiger partial charge on any atom is -0.490 e. The fourth-order valence-corrected chi connectivity index (χ4v) is 3.50. The molecule has 6 heteroatoms. The first kappa shape index (κ1) is 20.2. The molecule has 1 amide bonds. The van der Waals surface area contributed by atoms with Crippen LogP contribution in [-0.2, 0) is 0 Å². The van der Waals surface area contributed by atoms with Gasteiger partial charge in [0.25, 0.3) is 5.91 Å². The minimum atomic E-state index is -0.240. The van der Waals surface area contributed by atoms with E-state index < -0.39 is 0 Å². The van der Waals surface area contributed by atoms with Crippen LogP contribution in [-0.4, -0.2) is 31.3 Å². The molecular formula is C22H29N3O3. The third-order valence-corrected chi connectivity index (χ3v) is 4.92. The molecule has 28 heavy (non-hydrogen) atoms. The molecule has 3 N–H and O–H groups in total. The molecule has 1 fully saturated rings. The molecule has 0 aromatic heterocycles. The highest BCUT2D eigenvalue weighted by molar-refractivity contribution is 5.94. The molecule has 0 aliphatic carbocycles. The largest absolute Gasteiger partial charge is 0.490 e. The van der Waals surface area contributed by atoms with Gasteiger partial charge in [-0.15, -0.1) is 0 Å². The Kier molecular flexibility index (Phi) is 6.54. The van der Waals surface area contributed by atoms with Crippen molar-refractivity contribution >= 4 is 5.91 Å². The van der Waals surface area contributed by atoms with Gasteiger partial charge >= 0.3 is 0 Å². The quantitative estimate of drug-likeness (QED) is 0.685. The molecule has 150 valence electrons. The third-order valence-electron chi connectivity index (χ3n) is 4.92. The summed E-state index contributed by atoms with van der Waals surface area (Å²) in [6.45, 7) is 9.14. The summed E-state index contributed by atoms with van der Waals surface area (Å²) >= 11 is 0. The molecule has 0 spiro atoms. The maximum atomic E-state index is 12.7. The first-order valence-corrected chi connectivity index (χ1v) is 9.81. The summed E-state index contributed by atoms with van der Waals surface area (Å²) in [6, 6.07) is 13.7. The van der Waals surface area contributed by atoms with Crippen LogP contribution in [0.2, 0.25) is 0 Å². The van der Waals surface area contributed by atoms with Crippen molar-refractivity contribution in [3.05, 3.63) is 59.2 Å². The summed E-state index contributed by atoms with van der Waals surface area (Å²) in [7, 11) is 0. The Morgan fingerprint density at radius 2 is 1.68 bits per heavy atom. The van der Waals surface area contributed by atoms with Gasteiger partial charge < -0.3 is 14.8 Å². The SMILES string of the molecule is CCOc1ccc(C2C(C)NNC2NC(=O)c2ccc(C)cc2)cc1OCC. The number of amides is 1. The number of rotatable bonds is 7. The number of carbonyl (C=O) groups is 1. The lowest BCUT2D eigenvalue weighted by Gasteiger charge is -2.23. The van der Waals surface area contributed by atoms with Gasteiger partial charge in [0.05, 0.1) is 13.2 Å². The Morgan fingerprint density at radius 1 is 1.00 bits per heavy atom. The van der Waals surface area contributed by atoms with E-state index >= 15 is 0 Å². The van der Waals surface area contributed by atoms with Gasteiger partial charge in [0.2, 0.25) is 0 Å². The molecule has 3 unspecified atom stereocenters. The first-order chi connectivity index (χ1) is 13.5. The van der Waals surface area contributed by atoms with Gasteiger partial charge in [0.1, 0.15) is 6.17 Å². The molecule has 3 atom stereocenters. The number of ether oxygens (including phenoxy) is 2. The van der Waals surface area contributed by atoms with Crippen LogP contribution in [0.1, 0.15) is 48.2 Å². The Bertz CT molecular complexity index is 807. The Labute approximate surface area is 166 Å². The zero-order valence-corrected chi connectivity index (χ0v) is 16.9. The minimum absolute atomic E-state index is 0.0456. The van der Waals surface area contributed by atoms with Crippen molar-refractivity contribution < 1.29 is 14.3 Å². The van der Waals surface area contributed by atoms with Crippen LogP contribution in [0.15, 0.2) is 42.5 Å². The lowest BCUT2D eigenvalue weighted by molar-refractivity contribution is 0.0928. The van der Waals surface area contributed by atoms with Crippen molar-refractivity contribution in [1.82, 2.24) is 16.2 Å². The second kappa shape index (κ2) is 9.08. The van der Waals surface area contributed by atoms with Gasteiger partial charge in [0, 0.05) is 17.5 Å². The van der Waals surface area contributed by atoms with E-state index in [2.05, 4.69) is 23.1 Å². The van der Waals surface area contributed by atoms with E-state index in [1.165, 1.54) is 0 Å². The topological polar surface area (TPSA) is 71.6 Å². The number of hydrazine groups is 1. The Morgan fingerprint density at radius 3 is 2.36 bits per heavy atom. The van der Waals surface area contributed by atoms with Crippen molar-refractivity contribution in [2.75, 3.05) is 13.2 Å². The predicted molar refractivity (Wildman–Crippen MR) is 110 cm³/mol. The first-order valence-electron chi connectivity index (χ1n) is 9.81. The summed E-state index contributed by atoms with van der Waals surface area (Å²) < 4.78 is 11.4. The van der Waals surface area contributed by atoms with Crippen molar-refractivity contribution in [3.8, 4) is 11.5 Å². The van der Waals surface area contributed by atoms with E-state index in [4.69, 9.17) is 9.47 Å². The molecular weight excluding hydrogens is 354 g/mol. The lowest BCUT2D eigenvalue weighted by atomic mass is 9.91. The molecule has 0 radical (unpaired) electrons. The van der Waals surface area contributed by atoms with Gasteiger partial charge in [-0.25, -0.2) is 5.43 Å². The van der Waals surface area contributed by atoms with Crippen LogP contribution in [0.25, 0.3) is 0 Å². The van der Waals surface area contributed by atoms with Crippen LogP contribution in [0, 0.1) is 6.92 Å². The number of hydrogen-bond donors (Lipinski definition) is 3. The second-order valence-electron chi connectivity index (χ2n) is 6.99. The fourth-order valence-electron chi connectivity index (χ4n) is 3.50. The molecule has 1 saturated heterocycles. The molecule has 2 aromatic rings. The summed E-state index contributed by atoms with van der Waals surface area (Å²) in [5, 5.41) is 3.10. The van der Waals surface area contributed by atoms with Gasteiger partial charge in [-0.1, -0.05) is 23.8 Å².